The lowest BCUT2D eigenvalue weighted by Crippen LogP contribution is -2.31. The Hall–Kier alpha value is -3.65. The van der Waals surface area contributed by atoms with Crippen LogP contribution in [0.2, 0.25) is 0 Å². The number of primary amides is 1. The smallest absolute Gasteiger partial charge is 0.253 e. The van der Waals surface area contributed by atoms with E-state index in [0.717, 1.165) is 39.6 Å². The second kappa shape index (κ2) is 8.95. The Morgan fingerprint density at radius 2 is 1.79 bits per heavy atom. The number of hydrogen-bond acceptors (Lipinski definition) is 5. The van der Waals surface area contributed by atoms with E-state index in [2.05, 4.69) is 0 Å². The molecule has 2 amide bonds. The van der Waals surface area contributed by atoms with Gasteiger partial charge < -0.3 is 15.4 Å². The van der Waals surface area contributed by atoms with Gasteiger partial charge in [-0.2, -0.15) is 0 Å². The van der Waals surface area contributed by atoms with Gasteiger partial charge in [-0.25, -0.2) is 8.42 Å². The van der Waals surface area contributed by atoms with Crippen LogP contribution in [-0.4, -0.2) is 57.8 Å². The molecule has 0 atom stereocenters. The largest absolute Gasteiger partial charge is 0.497 e. The minimum absolute atomic E-state index is 0.0966. The number of carbonyl (C=O) groups excluding carboxylic acids is 2. The number of ether oxygens (including phenoxy) is 1. The number of methoxy groups -OCH3 is 1. The number of nitrogens with zero attached hydrogens (tertiary/aromatic N) is 1. The summed E-state index contributed by atoms with van der Waals surface area (Å²) in [5.74, 6) is -0.150. The van der Waals surface area contributed by atoms with Gasteiger partial charge in [0.2, 0.25) is 5.91 Å². The molecule has 1 aliphatic carbocycles. The molecule has 0 fully saturated rings. The quantitative estimate of drug-likeness (QED) is 0.439. The van der Waals surface area contributed by atoms with Crippen molar-refractivity contribution in [3.8, 4) is 28.0 Å². The van der Waals surface area contributed by atoms with Crippen molar-refractivity contribution in [3.05, 3.63) is 76.9 Å². The zero-order chi connectivity index (χ0) is 24.6. The van der Waals surface area contributed by atoms with Gasteiger partial charge in [0.15, 0.2) is 0 Å². The van der Waals surface area contributed by atoms with Gasteiger partial charge in [0.1, 0.15) is 15.6 Å². The maximum Gasteiger partial charge on any atom is 0.253 e. The predicted octanol–water partition coefficient (Wildman–Crippen LogP) is 3.15. The molecule has 2 N–H and O–H groups in total. The fourth-order valence-electron chi connectivity index (χ4n) is 4.24. The lowest BCUT2D eigenvalue weighted by atomic mass is 9.94. The molecule has 176 valence electrons. The third-order valence-electron chi connectivity index (χ3n) is 6.07. The van der Waals surface area contributed by atoms with Gasteiger partial charge in [-0.15, -0.1) is 0 Å². The summed E-state index contributed by atoms with van der Waals surface area (Å²) in [7, 11) is 0.0153. The molecule has 0 aliphatic heterocycles. The molecule has 0 unspecified atom stereocenters. The van der Waals surface area contributed by atoms with Crippen LogP contribution in [0.1, 0.15) is 31.8 Å². The number of sulfone groups is 1. The summed E-state index contributed by atoms with van der Waals surface area (Å²) in [5, 5.41) is 0. The van der Waals surface area contributed by atoms with Gasteiger partial charge in [-0.1, -0.05) is 18.2 Å². The second-order valence-electron chi connectivity index (χ2n) is 8.55. The first-order valence-electron chi connectivity index (χ1n) is 10.7. The average molecular weight is 479 g/mol. The van der Waals surface area contributed by atoms with Crippen molar-refractivity contribution < 1.29 is 22.7 Å². The maximum absolute atomic E-state index is 12.9. The number of amides is 2. The zero-order valence-corrected chi connectivity index (χ0v) is 20.1. The Balaban J connectivity index is 1.71. The third kappa shape index (κ3) is 4.68. The van der Waals surface area contributed by atoms with Crippen LogP contribution < -0.4 is 10.5 Å². The molecule has 0 aromatic heterocycles. The Morgan fingerprint density at radius 3 is 2.47 bits per heavy atom. The van der Waals surface area contributed by atoms with Crippen molar-refractivity contribution in [2.75, 3.05) is 32.7 Å². The molecule has 7 nitrogen and oxygen atoms in total. The molecular weight excluding hydrogens is 452 g/mol. The highest BCUT2D eigenvalue weighted by atomic mass is 32.2. The SMILES string of the molecule is COc1cccc(-c2cc(C(N)=O)c3c(c2)-c2ccc(C(=O)N(C)CCS(C)(=O)=O)cc2C3)c1. The van der Waals surface area contributed by atoms with E-state index >= 15 is 0 Å². The van der Waals surface area contributed by atoms with Crippen LogP contribution in [-0.2, 0) is 16.3 Å². The minimum atomic E-state index is -3.17. The lowest BCUT2D eigenvalue weighted by molar-refractivity contribution is 0.0803. The van der Waals surface area contributed by atoms with E-state index in [1.165, 1.54) is 4.90 Å². The molecule has 0 heterocycles. The van der Waals surface area contributed by atoms with Crippen molar-refractivity contribution in [2.24, 2.45) is 5.73 Å². The number of hydrogen-bond donors (Lipinski definition) is 1. The van der Waals surface area contributed by atoms with Crippen molar-refractivity contribution in [1.29, 1.82) is 0 Å². The second-order valence-corrected chi connectivity index (χ2v) is 10.8. The van der Waals surface area contributed by atoms with Crippen LogP contribution in [0.3, 0.4) is 0 Å². The van der Waals surface area contributed by atoms with E-state index in [4.69, 9.17) is 10.5 Å². The molecule has 8 heteroatoms. The molecule has 0 radical (unpaired) electrons. The molecule has 3 aromatic rings. The standard InChI is InChI=1S/C26H26N2O5S/c1-28(9-10-34(3,31)32)26(30)17-7-8-21-19(11-17)15-23-22(21)13-18(14-24(23)25(27)29)16-5-4-6-20(12-16)33-2/h4-8,11-14H,9-10,15H2,1-3H3,(H2,27,29). The molecule has 0 saturated carbocycles. The third-order valence-corrected chi connectivity index (χ3v) is 7.00. The van der Waals surface area contributed by atoms with Crippen LogP contribution >= 0.6 is 0 Å². The Morgan fingerprint density at radius 1 is 1.03 bits per heavy atom. The number of carbonyl (C=O) groups is 2. The van der Waals surface area contributed by atoms with Crippen LogP contribution in [0.15, 0.2) is 54.6 Å². The fraction of sp³-hybridized carbons (Fsp3) is 0.231. The summed E-state index contributed by atoms with van der Waals surface area (Å²) in [6, 6.07) is 16.8. The summed E-state index contributed by atoms with van der Waals surface area (Å²) in [6.07, 6.45) is 1.63. The van der Waals surface area contributed by atoms with Crippen LogP contribution in [0.25, 0.3) is 22.3 Å². The van der Waals surface area contributed by atoms with Gasteiger partial charge in [-0.05, 0) is 76.2 Å². The van der Waals surface area contributed by atoms with Crippen molar-refractivity contribution in [3.63, 3.8) is 0 Å². The van der Waals surface area contributed by atoms with E-state index in [1.807, 2.05) is 42.5 Å². The van der Waals surface area contributed by atoms with Gasteiger partial charge in [0.25, 0.3) is 5.91 Å². The number of fused-ring (bicyclic) bond motifs is 3. The molecule has 3 aromatic carbocycles. The van der Waals surface area contributed by atoms with E-state index in [0.29, 0.717) is 23.3 Å². The van der Waals surface area contributed by atoms with Crippen LogP contribution in [0.4, 0.5) is 0 Å². The number of benzene rings is 3. The van der Waals surface area contributed by atoms with Crippen LogP contribution in [0.5, 0.6) is 5.75 Å². The van der Waals surface area contributed by atoms with Gasteiger partial charge in [-0.3, -0.25) is 9.59 Å². The van der Waals surface area contributed by atoms with E-state index in [1.54, 1.807) is 26.3 Å². The molecule has 34 heavy (non-hydrogen) atoms. The van der Waals surface area contributed by atoms with E-state index in [-0.39, 0.29) is 18.2 Å². The normalized spacial score (nSPS) is 12.1. The van der Waals surface area contributed by atoms with Gasteiger partial charge in [0, 0.05) is 31.0 Å². The first-order chi connectivity index (χ1) is 16.1. The van der Waals surface area contributed by atoms with Crippen molar-refractivity contribution >= 4 is 21.7 Å². The fourth-order valence-corrected chi connectivity index (χ4v) is 4.85. The number of rotatable bonds is 7. The molecule has 4 rings (SSSR count). The summed E-state index contributed by atoms with van der Waals surface area (Å²) in [6.45, 7) is 0.116. The van der Waals surface area contributed by atoms with Crippen molar-refractivity contribution in [2.45, 2.75) is 6.42 Å². The lowest BCUT2D eigenvalue weighted by Gasteiger charge is -2.17. The maximum atomic E-state index is 12.9. The highest BCUT2D eigenvalue weighted by Crippen LogP contribution is 2.41. The molecular formula is C26H26N2O5S. The highest BCUT2D eigenvalue weighted by Gasteiger charge is 2.26. The summed E-state index contributed by atoms with van der Waals surface area (Å²) < 4.78 is 28.2. The first kappa shape index (κ1) is 23.5. The van der Waals surface area contributed by atoms with Crippen molar-refractivity contribution in [1.82, 2.24) is 4.90 Å². The van der Waals surface area contributed by atoms with Gasteiger partial charge >= 0.3 is 0 Å². The average Bonchev–Trinajstić information content (AvgIpc) is 3.18. The molecule has 1 aliphatic rings. The highest BCUT2D eigenvalue weighted by molar-refractivity contribution is 7.90. The van der Waals surface area contributed by atoms with E-state index < -0.39 is 15.7 Å². The zero-order valence-electron chi connectivity index (χ0n) is 19.3. The number of nitrogens with two attached hydrogens (primary N) is 1. The van der Waals surface area contributed by atoms with E-state index in [9.17, 15) is 18.0 Å². The predicted molar refractivity (Wildman–Crippen MR) is 132 cm³/mol. The Labute approximate surface area is 199 Å². The Bertz CT molecular complexity index is 1410. The van der Waals surface area contributed by atoms with Crippen LogP contribution in [0, 0.1) is 0 Å². The summed E-state index contributed by atoms with van der Waals surface area (Å²) >= 11 is 0. The monoisotopic (exact) mass is 478 g/mol. The first-order valence-corrected chi connectivity index (χ1v) is 12.8. The molecule has 0 saturated heterocycles. The minimum Gasteiger partial charge on any atom is -0.497 e. The Kier molecular flexibility index (Phi) is 6.18. The molecule has 0 bridgehead atoms. The molecule has 0 spiro atoms. The summed E-state index contributed by atoms with van der Waals surface area (Å²) in [4.78, 5) is 26.6. The van der Waals surface area contributed by atoms with Gasteiger partial charge in [0.05, 0.1) is 12.9 Å². The summed E-state index contributed by atoms with van der Waals surface area (Å²) in [5.41, 5.74) is 12.0. The topological polar surface area (TPSA) is 107 Å².